The molecule has 0 bridgehead atoms. The Morgan fingerprint density at radius 3 is 2.33 bits per heavy atom. The number of hydrogen-bond donors (Lipinski definition) is 0. The largest absolute Gasteiger partial charge is 0.489 e. The number of alkyl halides is 3. The molecule has 5 heteroatoms. The summed E-state index contributed by atoms with van der Waals surface area (Å²) in [6, 6.07) is 15.7. The minimum absolute atomic E-state index is 0.0170. The maximum atomic E-state index is 13.4. The van der Waals surface area contributed by atoms with Crippen LogP contribution in [0.2, 0.25) is 0 Å². The summed E-state index contributed by atoms with van der Waals surface area (Å²) < 4.78 is 50.8. The smallest absolute Gasteiger partial charge is 0.449 e. The fourth-order valence-corrected chi connectivity index (χ4v) is 2.99. The zero-order chi connectivity index (χ0) is 19.4. The third-order valence-electron chi connectivity index (χ3n) is 4.35. The molecule has 0 radical (unpaired) electrons. The van der Waals surface area contributed by atoms with Crippen LogP contribution in [-0.2, 0) is 19.2 Å². The van der Waals surface area contributed by atoms with Crippen LogP contribution in [0.25, 0.3) is 11.3 Å². The topological polar surface area (TPSA) is 22.4 Å². The summed E-state index contributed by atoms with van der Waals surface area (Å²) in [7, 11) is 0. The minimum Gasteiger partial charge on any atom is -0.489 e. The van der Waals surface area contributed by atoms with E-state index in [-0.39, 0.29) is 17.9 Å². The van der Waals surface area contributed by atoms with Gasteiger partial charge in [0.05, 0.1) is 0 Å². The van der Waals surface area contributed by atoms with E-state index in [1.54, 1.807) is 36.4 Å². The number of furan rings is 1. The van der Waals surface area contributed by atoms with Crippen LogP contribution in [-0.4, -0.2) is 0 Å². The molecule has 2 nitrogen and oxygen atoms in total. The van der Waals surface area contributed by atoms with Crippen molar-refractivity contribution in [3.63, 3.8) is 0 Å². The maximum Gasteiger partial charge on any atom is 0.449 e. The van der Waals surface area contributed by atoms with Gasteiger partial charge in [0.15, 0.2) is 0 Å². The molecule has 0 saturated carbocycles. The highest BCUT2D eigenvalue weighted by Gasteiger charge is 2.38. The van der Waals surface area contributed by atoms with E-state index in [9.17, 15) is 13.2 Å². The molecule has 3 aromatic rings. The average Bonchev–Trinajstić information content (AvgIpc) is 3.08. The summed E-state index contributed by atoms with van der Waals surface area (Å²) >= 11 is 0. The quantitative estimate of drug-likeness (QED) is 0.473. The van der Waals surface area contributed by atoms with Crippen molar-refractivity contribution in [2.45, 2.75) is 39.5 Å². The Balaban J connectivity index is 1.84. The van der Waals surface area contributed by atoms with Gasteiger partial charge in [-0.3, -0.25) is 0 Å². The molecule has 0 atom stereocenters. The van der Waals surface area contributed by atoms with E-state index in [2.05, 4.69) is 6.92 Å². The molecule has 0 aliphatic heterocycles. The third kappa shape index (κ3) is 4.54. The van der Waals surface area contributed by atoms with Crippen LogP contribution in [0.3, 0.4) is 0 Å². The standard InChI is InChI=1S/C22H21F3O2/c1-3-7-16-10-11-19(12-15(16)2)26-14-18-13-20(17-8-5-4-6-9-17)27-21(18)22(23,24)25/h4-6,8-13H,3,7,14H2,1-2H3. The second-order valence-corrected chi connectivity index (χ2v) is 6.46. The molecule has 1 heterocycles. The van der Waals surface area contributed by atoms with Crippen LogP contribution < -0.4 is 4.74 Å². The molecule has 27 heavy (non-hydrogen) atoms. The van der Waals surface area contributed by atoms with Crippen LogP contribution in [0, 0.1) is 6.92 Å². The van der Waals surface area contributed by atoms with Crippen molar-refractivity contribution in [1.82, 2.24) is 0 Å². The van der Waals surface area contributed by atoms with Gasteiger partial charge in [-0.15, -0.1) is 0 Å². The lowest BCUT2D eigenvalue weighted by Gasteiger charge is -2.10. The molecule has 0 aliphatic rings. The van der Waals surface area contributed by atoms with E-state index >= 15 is 0 Å². The minimum atomic E-state index is -4.58. The van der Waals surface area contributed by atoms with E-state index in [4.69, 9.17) is 9.15 Å². The van der Waals surface area contributed by atoms with Crippen molar-refractivity contribution in [2.24, 2.45) is 0 Å². The second-order valence-electron chi connectivity index (χ2n) is 6.46. The van der Waals surface area contributed by atoms with Gasteiger partial charge in [-0.05, 0) is 42.7 Å². The molecule has 1 aromatic heterocycles. The Labute approximate surface area is 156 Å². The number of benzene rings is 2. The van der Waals surface area contributed by atoms with Crippen molar-refractivity contribution < 1.29 is 22.3 Å². The van der Waals surface area contributed by atoms with Gasteiger partial charge in [-0.1, -0.05) is 49.7 Å². The zero-order valence-corrected chi connectivity index (χ0v) is 15.3. The molecular weight excluding hydrogens is 353 g/mol. The van der Waals surface area contributed by atoms with Gasteiger partial charge >= 0.3 is 6.18 Å². The molecule has 0 fully saturated rings. The van der Waals surface area contributed by atoms with E-state index in [0.717, 1.165) is 18.4 Å². The molecule has 3 rings (SSSR count). The molecule has 142 valence electrons. The van der Waals surface area contributed by atoms with Crippen molar-refractivity contribution in [3.8, 4) is 17.1 Å². The molecule has 0 N–H and O–H groups in total. The monoisotopic (exact) mass is 374 g/mol. The molecule has 0 saturated heterocycles. The van der Waals surface area contributed by atoms with E-state index in [0.29, 0.717) is 11.3 Å². The number of hydrogen-bond acceptors (Lipinski definition) is 2. The second kappa shape index (κ2) is 7.91. The molecule has 2 aromatic carbocycles. The first-order valence-corrected chi connectivity index (χ1v) is 8.86. The van der Waals surface area contributed by atoms with Crippen LogP contribution in [0.15, 0.2) is 59.0 Å². The van der Waals surface area contributed by atoms with Gasteiger partial charge in [-0.2, -0.15) is 13.2 Å². The van der Waals surface area contributed by atoms with Crippen LogP contribution in [0.1, 0.15) is 35.8 Å². The van der Waals surface area contributed by atoms with Gasteiger partial charge in [0.1, 0.15) is 18.1 Å². The van der Waals surface area contributed by atoms with E-state index < -0.39 is 11.9 Å². The highest BCUT2D eigenvalue weighted by molar-refractivity contribution is 5.59. The Morgan fingerprint density at radius 1 is 0.963 bits per heavy atom. The normalized spacial score (nSPS) is 11.6. The summed E-state index contributed by atoms with van der Waals surface area (Å²) in [5, 5.41) is 0. The third-order valence-corrected chi connectivity index (χ3v) is 4.35. The van der Waals surface area contributed by atoms with Gasteiger partial charge in [0.25, 0.3) is 0 Å². The van der Waals surface area contributed by atoms with Crippen LogP contribution in [0.4, 0.5) is 13.2 Å². The zero-order valence-electron chi connectivity index (χ0n) is 15.3. The SMILES string of the molecule is CCCc1ccc(OCc2cc(-c3ccccc3)oc2C(F)(F)F)cc1C. The van der Waals surface area contributed by atoms with Gasteiger partial charge in [-0.25, -0.2) is 0 Å². The first kappa shape index (κ1) is 19.1. The first-order chi connectivity index (χ1) is 12.9. The van der Waals surface area contributed by atoms with Gasteiger partial charge < -0.3 is 9.15 Å². The maximum absolute atomic E-state index is 13.4. The van der Waals surface area contributed by atoms with Crippen molar-refractivity contribution in [2.75, 3.05) is 0 Å². The number of aryl methyl sites for hydroxylation is 2. The summed E-state index contributed by atoms with van der Waals surface area (Å²) in [4.78, 5) is 0. The fourth-order valence-electron chi connectivity index (χ4n) is 2.99. The lowest BCUT2D eigenvalue weighted by molar-refractivity contribution is -0.153. The Bertz CT molecular complexity index is 896. The van der Waals surface area contributed by atoms with Crippen molar-refractivity contribution in [1.29, 1.82) is 0 Å². The number of rotatable bonds is 6. The molecule has 0 amide bonds. The van der Waals surface area contributed by atoms with E-state index in [1.165, 1.54) is 11.6 Å². The Kier molecular flexibility index (Phi) is 5.59. The van der Waals surface area contributed by atoms with Gasteiger partial charge in [0, 0.05) is 11.1 Å². The predicted molar refractivity (Wildman–Crippen MR) is 98.7 cm³/mol. The molecule has 0 aliphatic carbocycles. The lowest BCUT2D eigenvalue weighted by Crippen LogP contribution is -2.08. The van der Waals surface area contributed by atoms with Crippen molar-refractivity contribution >= 4 is 0 Å². The van der Waals surface area contributed by atoms with Crippen LogP contribution in [0.5, 0.6) is 5.75 Å². The molecular formula is C22H21F3O2. The Morgan fingerprint density at radius 2 is 1.70 bits per heavy atom. The number of ether oxygens (including phenoxy) is 1. The fraction of sp³-hybridized carbons (Fsp3) is 0.273. The summed E-state index contributed by atoms with van der Waals surface area (Å²) in [6.07, 6.45) is -2.58. The van der Waals surface area contributed by atoms with Crippen molar-refractivity contribution in [3.05, 3.63) is 77.0 Å². The predicted octanol–water partition coefficient (Wildman–Crippen LogP) is 6.81. The number of halogens is 3. The summed E-state index contributed by atoms with van der Waals surface area (Å²) in [6.45, 7) is 3.87. The first-order valence-electron chi connectivity index (χ1n) is 8.86. The average molecular weight is 374 g/mol. The molecule has 0 spiro atoms. The highest BCUT2D eigenvalue weighted by atomic mass is 19.4. The lowest BCUT2D eigenvalue weighted by atomic mass is 10.0. The summed E-state index contributed by atoms with van der Waals surface area (Å²) in [5.41, 5.74) is 2.86. The summed E-state index contributed by atoms with van der Waals surface area (Å²) in [5.74, 6) is -0.292. The molecule has 0 unspecified atom stereocenters. The Hall–Kier alpha value is -2.69. The van der Waals surface area contributed by atoms with Gasteiger partial charge in [0.2, 0.25) is 5.76 Å². The highest BCUT2D eigenvalue weighted by Crippen LogP contribution is 2.37. The van der Waals surface area contributed by atoms with Crippen LogP contribution >= 0.6 is 0 Å². The van der Waals surface area contributed by atoms with E-state index in [1.807, 2.05) is 19.1 Å².